The molecule has 0 spiro atoms. The third kappa shape index (κ3) is 3.75. The molecule has 3 aliphatic rings. The summed E-state index contributed by atoms with van der Waals surface area (Å²) in [5, 5.41) is 24.1. The van der Waals surface area contributed by atoms with Gasteiger partial charge in [0.1, 0.15) is 5.54 Å². The highest BCUT2D eigenvalue weighted by Crippen LogP contribution is 2.53. The molecule has 0 radical (unpaired) electrons. The lowest BCUT2D eigenvalue weighted by molar-refractivity contribution is -0.150. The number of nitrogens with zero attached hydrogens (tertiary/aromatic N) is 1. The first-order valence-corrected chi connectivity index (χ1v) is 12.6. The van der Waals surface area contributed by atoms with Gasteiger partial charge >= 0.3 is 5.97 Å². The van der Waals surface area contributed by atoms with E-state index in [4.69, 9.17) is 4.74 Å². The molecule has 2 aliphatic heterocycles. The van der Waals surface area contributed by atoms with Crippen molar-refractivity contribution in [1.29, 1.82) is 0 Å². The van der Waals surface area contributed by atoms with Gasteiger partial charge in [0.2, 0.25) is 11.8 Å². The quantitative estimate of drug-likeness (QED) is 0.523. The molecule has 1 aliphatic carbocycles. The van der Waals surface area contributed by atoms with E-state index in [-0.39, 0.29) is 23.8 Å². The van der Waals surface area contributed by atoms with Crippen molar-refractivity contribution >= 4 is 23.5 Å². The van der Waals surface area contributed by atoms with Gasteiger partial charge in [0.15, 0.2) is 11.5 Å². The number of carboxylic acids is 1. The van der Waals surface area contributed by atoms with Crippen LogP contribution < -0.4 is 15.0 Å². The van der Waals surface area contributed by atoms with Crippen molar-refractivity contribution in [3.8, 4) is 11.5 Å². The molecule has 1 saturated carbocycles. The number of hydrogen-bond acceptors (Lipinski definition) is 6. The van der Waals surface area contributed by atoms with Gasteiger partial charge in [-0.3, -0.25) is 19.7 Å². The molecule has 2 heterocycles. The maximum Gasteiger partial charge on any atom is 0.324 e. The normalized spacial score (nSPS) is 28.4. The summed E-state index contributed by atoms with van der Waals surface area (Å²) in [6.07, 6.45) is 5.32. The Labute approximate surface area is 210 Å². The molecule has 2 aromatic carbocycles. The summed E-state index contributed by atoms with van der Waals surface area (Å²) in [4.78, 5) is 42.2. The summed E-state index contributed by atoms with van der Waals surface area (Å²) < 4.78 is 5.28. The number of benzene rings is 2. The number of fused-ring (bicyclic) bond motifs is 1. The van der Waals surface area contributed by atoms with E-state index in [1.54, 1.807) is 24.3 Å². The van der Waals surface area contributed by atoms with Crippen molar-refractivity contribution in [3.63, 3.8) is 0 Å². The third-order valence-electron chi connectivity index (χ3n) is 8.29. The van der Waals surface area contributed by atoms with Crippen LogP contribution in [0.3, 0.4) is 0 Å². The average Bonchev–Trinajstić information content (AvgIpc) is 3.34. The molecule has 36 heavy (non-hydrogen) atoms. The van der Waals surface area contributed by atoms with E-state index < -0.39 is 41.2 Å². The minimum Gasteiger partial charge on any atom is -0.504 e. The number of nitrogens with one attached hydrogen (secondary N) is 1. The number of aromatic hydroxyl groups is 1. The minimum atomic E-state index is -1.58. The molecule has 2 saturated heterocycles. The van der Waals surface area contributed by atoms with Crippen LogP contribution in [0.25, 0.3) is 0 Å². The maximum absolute atomic E-state index is 14.0. The minimum absolute atomic E-state index is 0.0575. The number of para-hydroxylation sites is 1. The van der Waals surface area contributed by atoms with Gasteiger partial charge in [-0.25, -0.2) is 4.90 Å². The molecule has 0 bridgehead atoms. The number of anilines is 1. The van der Waals surface area contributed by atoms with E-state index in [9.17, 15) is 24.6 Å². The van der Waals surface area contributed by atoms with Crippen molar-refractivity contribution < 1.29 is 29.3 Å². The van der Waals surface area contributed by atoms with E-state index in [1.807, 2.05) is 19.1 Å². The maximum atomic E-state index is 14.0. The summed E-state index contributed by atoms with van der Waals surface area (Å²) in [5.41, 5.74) is 0.274. The Morgan fingerprint density at radius 1 is 1.11 bits per heavy atom. The summed E-state index contributed by atoms with van der Waals surface area (Å²) in [5.74, 6) is -3.61. The van der Waals surface area contributed by atoms with Crippen LogP contribution in [-0.2, 0) is 14.4 Å². The zero-order valence-corrected chi connectivity index (χ0v) is 20.6. The molecule has 2 aromatic rings. The first-order chi connectivity index (χ1) is 17.3. The number of carbonyl (C=O) groups is 3. The molecule has 8 nitrogen and oxygen atoms in total. The third-order valence-corrected chi connectivity index (χ3v) is 8.29. The molecule has 190 valence electrons. The Hall–Kier alpha value is -3.39. The molecule has 2 amide bonds. The largest absolute Gasteiger partial charge is 0.504 e. The Balaban J connectivity index is 1.64. The molecule has 8 heteroatoms. The lowest BCUT2D eigenvalue weighted by Gasteiger charge is -2.35. The summed E-state index contributed by atoms with van der Waals surface area (Å²) in [6.45, 7) is 1.83. The number of aliphatic carboxylic acids is 1. The summed E-state index contributed by atoms with van der Waals surface area (Å²) in [6, 6.07) is 11.2. The molecule has 5 rings (SSSR count). The van der Waals surface area contributed by atoms with Crippen LogP contribution in [0.5, 0.6) is 11.5 Å². The molecule has 0 aromatic heterocycles. The topological polar surface area (TPSA) is 116 Å². The van der Waals surface area contributed by atoms with E-state index in [0.717, 1.165) is 37.7 Å². The number of imide groups is 1. The smallest absolute Gasteiger partial charge is 0.324 e. The molecular weight excluding hydrogens is 460 g/mol. The Bertz CT molecular complexity index is 1210. The fourth-order valence-corrected chi connectivity index (χ4v) is 6.55. The lowest BCUT2D eigenvalue weighted by Crippen LogP contribution is -2.57. The number of phenolic OH excluding ortho intramolecular Hbond substituents is 1. The SMILES string of the molecule is COc1cc(C2NC(CC3CCCCC3)(C(=O)O)C3C(=O)N(c4ccccc4C)C(=O)C23)ccc1O. The Kier molecular flexibility index (Phi) is 6.24. The highest BCUT2D eigenvalue weighted by Gasteiger charge is 2.69. The monoisotopic (exact) mass is 492 g/mol. The molecule has 4 atom stereocenters. The number of carboxylic acid groups (broad SMARTS) is 1. The zero-order chi connectivity index (χ0) is 25.6. The lowest BCUT2D eigenvalue weighted by atomic mass is 9.72. The number of rotatable bonds is 6. The predicted molar refractivity (Wildman–Crippen MR) is 133 cm³/mol. The Morgan fingerprint density at radius 3 is 2.50 bits per heavy atom. The highest BCUT2D eigenvalue weighted by atomic mass is 16.5. The Morgan fingerprint density at radius 2 is 1.83 bits per heavy atom. The van der Waals surface area contributed by atoms with E-state index in [2.05, 4.69) is 5.32 Å². The number of methoxy groups -OCH3 is 1. The van der Waals surface area contributed by atoms with Crippen LogP contribution in [0.2, 0.25) is 0 Å². The number of aryl methyl sites for hydroxylation is 1. The molecule has 4 unspecified atom stereocenters. The number of hydrogen-bond donors (Lipinski definition) is 3. The second-order valence-corrected chi connectivity index (χ2v) is 10.3. The second kappa shape index (κ2) is 9.24. The van der Waals surface area contributed by atoms with Gasteiger partial charge < -0.3 is 14.9 Å². The van der Waals surface area contributed by atoms with Crippen LogP contribution >= 0.6 is 0 Å². The van der Waals surface area contributed by atoms with E-state index in [0.29, 0.717) is 11.3 Å². The zero-order valence-electron chi connectivity index (χ0n) is 20.6. The van der Waals surface area contributed by atoms with Crippen LogP contribution in [-0.4, -0.2) is 40.6 Å². The number of carbonyl (C=O) groups excluding carboxylic acids is 2. The second-order valence-electron chi connectivity index (χ2n) is 10.3. The van der Waals surface area contributed by atoms with Gasteiger partial charge in [0, 0.05) is 6.04 Å². The van der Waals surface area contributed by atoms with Crippen LogP contribution in [0, 0.1) is 24.7 Å². The van der Waals surface area contributed by atoms with Crippen molar-refractivity contribution in [1.82, 2.24) is 5.32 Å². The van der Waals surface area contributed by atoms with Crippen LogP contribution in [0.15, 0.2) is 42.5 Å². The first kappa shape index (κ1) is 24.3. The fraction of sp³-hybridized carbons (Fsp3) is 0.464. The fourth-order valence-electron chi connectivity index (χ4n) is 6.55. The van der Waals surface area contributed by atoms with Crippen LogP contribution in [0.4, 0.5) is 5.69 Å². The van der Waals surface area contributed by atoms with Crippen molar-refractivity contribution in [2.45, 2.75) is 57.0 Å². The standard InChI is InChI=1S/C28H32N2O6/c1-16-8-6-7-11-19(16)30-25(32)22-23(26(30)33)28(27(34)35,15-17-9-4-3-5-10-17)29-24(22)18-12-13-20(31)21(14-18)36-2/h6-8,11-14,17,22-24,29,31H,3-5,9-10,15H2,1-2H3,(H,34,35). The van der Waals surface area contributed by atoms with E-state index in [1.165, 1.54) is 18.1 Å². The molecule has 3 fully saturated rings. The van der Waals surface area contributed by atoms with Gasteiger partial charge in [-0.05, 0) is 48.6 Å². The highest BCUT2D eigenvalue weighted by molar-refractivity contribution is 6.24. The van der Waals surface area contributed by atoms with Gasteiger partial charge in [0.05, 0.1) is 24.6 Å². The number of ether oxygens (including phenoxy) is 1. The first-order valence-electron chi connectivity index (χ1n) is 12.6. The average molecular weight is 493 g/mol. The van der Waals surface area contributed by atoms with Crippen LogP contribution in [0.1, 0.15) is 55.7 Å². The summed E-state index contributed by atoms with van der Waals surface area (Å²) in [7, 11) is 1.43. The molecular formula is C28H32N2O6. The number of amides is 2. The van der Waals surface area contributed by atoms with Crippen molar-refractivity contribution in [2.24, 2.45) is 17.8 Å². The van der Waals surface area contributed by atoms with Crippen molar-refractivity contribution in [2.75, 3.05) is 12.0 Å². The van der Waals surface area contributed by atoms with Gasteiger partial charge in [0.25, 0.3) is 0 Å². The number of phenols is 1. The van der Waals surface area contributed by atoms with Crippen molar-refractivity contribution in [3.05, 3.63) is 53.6 Å². The van der Waals surface area contributed by atoms with E-state index >= 15 is 0 Å². The van der Waals surface area contributed by atoms with Gasteiger partial charge in [-0.1, -0.05) is 56.4 Å². The van der Waals surface area contributed by atoms with Gasteiger partial charge in [-0.15, -0.1) is 0 Å². The molecule has 3 N–H and O–H groups in total. The summed E-state index contributed by atoms with van der Waals surface area (Å²) >= 11 is 0. The van der Waals surface area contributed by atoms with Gasteiger partial charge in [-0.2, -0.15) is 0 Å². The predicted octanol–water partition coefficient (Wildman–Crippen LogP) is 3.95.